The van der Waals surface area contributed by atoms with Gasteiger partial charge in [-0.15, -0.1) is 0 Å². The fraction of sp³-hybridized carbons (Fsp3) is 0.571. The molecule has 0 aliphatic rings. The molecule has 106 valence electrons. The van der Waals surface area contributed by atoms with Gasteiger partial charge in [-0.25, -0.2) is 0 Å². The van der Waals surface area contributed by atoms with E-state index in [4.69, 9.17) is 4.74 Å². The van der Waals surface area contributed by atoms with Gasteiger partial charge in [-0.3, -0.25) is 9.78 Å². The molecule has 1 heterocycles. The molecule has 1 aromatic rings. The predicted molar refractivity (Wildman–Crippen MR) is 76.6 cm³/mol. The molecule has 1 aromatic heterocycles. The maximum atomic E-state index is 11.9. The van der Waals surface area contributed by atoms with Crippen LogP contribution in [0.15, 0.2) is 18.3 Å². The highest BCUT2D eigenvalue weighted by atomic mass is 16.5. The van der Waals surface area contributed by atoms with E-state index in [1.54, 1.807) is 13.3 Å². The molecule has 1 rings (SSSR count). The Hall–Kier alpha value is -1.62. The van der Waals surface area contributed by atoms with Crippen molar-refractivity contribution in [1.29, 1.82) is 0 Å². The van der Waals surface area contributed by atoms with E-state index >= 15 is 0 Å². The van der Waals surface area contributed by atoms with E-state index in [1.165, 1.54) is 0 Å². The number of nitrogens with zero attached hydrogens (tertiary/aromatic N) is 2. The number of anilines is 1. The molecule has 0 bridgehead atoms. The molecule has 0 saturated heterocycles. The van der Waals surface area contributed by atoms with E-state index in [0.29, 0.717) is 18.8 Å². The third-order valence-electron chi connectivity index (χ3n) is 2.92. The van der Waals surface area contributed by atoms with E-state index in [9.17, 15) is 4.79 Å². The Bertz CT molecular complexity index is 392. The molecule has 0 saturated carbocycles. The van der Waals surface area contributed by atoms with Crippen molar-refractivity contribution in [3.63, 3.8) is 0 Å². The molecule has 0 unspecified atom stereocenters. The number of carbonyl (C=O) groups excluding carboxylic acids is 1. The van der Waals surface area contributed by atoms with Crippen molar-refractivity contribution >= 4 is 11.6 Å². The lowest BCUT2D eigenvalue weighted by Crippen LogP contribution is -2.27. The van der Waals surface area contributed by atoms with E-state index in [2.05, 4.69) is 29.0 Å². The van der Waals surface area contributed by atoms with Crippen molar-refractivity contribution in [3.8, 4) is 0 Å². The smallest absolute Gasteiger partial charge is 0.269 e. The topological polar surface area (TPSA) is 54.5 Å². The van der Waals surface area contributed by atoms with Crippen molar-refractivity contribution < 1.29 is 9.53 Å². The summed E-state index contributed by atoms with van der Waals surface area (Å²) in [6.45, 7) is 7.25. The van der Waals surface area contributed by atoms with Crippen LogP contribution in [0.3, 0.4) is 0 Å². The first kappa shape index (κ1) is 15.4. The summed E-state index contributed by atoms with van der Waals surface area (Å²) in [4.78, 5) is 18.2. The van der Waals surface area contributed by atoms with Gasteiger partial charge in [0.25, 0.3) is 5.91 Å². The molecular weight excluding hydrogens is 242 g/mol. The minimum Gasteiger partial charge on any atom is -0.385 e. The summed E-state index contributed by atoms with van der Waals surface area (Å²) in [5, 5.41) is 2.84. The van der Waals surface area contributed by atoms with Gasteiger partial charge in [-0.2, -0.15) is 0 Å². The Labute approximate surface area is 115 Å². The number of aromatic nitrogens is 1. The summed E-state index contributed by atoms with van der Waals surface area (Å²) in [6.07, 6.45) is 2.48. The molecule has 5 nitrogen and oxygen atoms in total. The molecule has 0 aliphatic heterocycles. The van der Waals surface area contributed by atoms with Crippen LogP contribution >= 0.6 is 0 Å². The first-order valence-electron chi connectivity index (χ1n) is 6.71. The van der Waals surface area contributed by atoms with Crippen molar-refractivity contribution in [2.45, 2.75) is 20.3 Å². The number of amides is 1. The van der Waals surface area contributed by atoms with Crippen LogP contribution in [0.25, 0.3) is 0 Å². The van der Waals surface area contributed by atoms with Crippen LogP contribution in [0.5, 0.6) is 0 Å². The van der Waals surface area contributed by atoms with Crippen LogP contribution in [0.2, 0.25) is 0 Å². The molecule has 1 amide bonds. The Balaban J connectivity index is 2.62. The molecular formula is C14H23N3O2. The molecule has 1 N–H and O–H groups in total. The van der Waals surface area contributed by atoms with Crippen LogP contribution < -0.4 is 10.2 Å². The van der Waals surface area contributed by atoms with Crippen LogP contribution in [0, 0.1) is 0 Å². The maximum absolute atomic E-state index is 11.9. The van der Waals surface area contributed by atoms with Gasteiger partial charge in [-0.05, 0) is 32.4 Å². The minimum absolute atomic E-state index is 0.134. The van der Waals surface area contributed by atoms with Gasteiger partial charge >= 0.3 is 0 Å². The normalized spacial score (nSPS) is 10.3. The van der Waals surface area contributed by atoms with Crippen molar-refractivity contribution in [2.75, 3.05) is 38.3 Å². The molecule has 0 spiro atoms. The molecule has 0 atom stereocenters. The number of pyridine rings is 1. The summed E-state index contributed by atoms with van der Waals surface area (Å²) >= 11 is 0. The number of ether oxygens (including phenoxy) is 1. The van der Waals surface area contributed by atoms with E-state index < -0.39 is 0 Å². The zero-order chi connectivity index (χ0) is 14.1. The van der Waals surface area contributed by atoms with E-state index in [-0.39, 0.29) is 5.91 Å². The summed E-state index contributed by atoms with van der Waals surface area (Å²) < 4.78 is 4.94. The van der Waals surface area contributed by atoms with Gasteiger partial charge in [0.2, 0.25) is 0 Å². The summed E-state index contributed by atoms with van der Waals surface area (Å²) in [5.74, 6) is -0.134. The highest BCUT2D eigenvalue weighted by Gasteiger charge is 2.09. The highest BCUT2D eigenvalue weighted by Crippen LogP contribution is 2.13. The molecule has 0 aliphatic carbocycles. The molecule has 19 heavy (non-hydrogen) atoms. The van der Waals surface area contributed by atoms with Gasteiger partial charge in [0.15, 0.2) is 0 Å². The second-order valence-corrected chi connectivity index (χ2v) is 4.17. The van der Waals surface area contributed by atoms with Crippen LogP contribution in [0.4, 0.5) is 5.69 Å². The van der Waals surface area contributed by atoms with Crippen LogP contribution in [-0.4, -0.2) is 44.2 Å². The lowest BCUT2D eigenvalue weighted by Gasteiger charge is -2.21. The monoisotopic (exact) mass is 265 g/mol. The maximum Gasteiger partial charge on any atom is 0.269 e. The number of methoxy groups -OCH3 is 1. The van der Waals surface area contributed by atoms with Crippen LogP contribution in [0.1, 0.15) is 30.8 Å². The molecule has 5 heteroatoms. The lowest BCUT2D eigenvalue weighted by molar-refractivity contribution is 0.0943. The SMILES string of the molecule is CCN(CC)c1ccnc(C(=O)NCCCOC)c1. The van der Waals surface area contributed by atoms with Gasteiger partial charge in [-0.1, -0.05) is 0 Å². The second-order valence-electron chi connectivity index (χ2n) is 4.17. The van der Waals surface area contributed by atoms with Gasteiger partial charge in [0.1, 0.15) is 5.69 Å². The molecule has 0 radical (unpaired) electrons. The highest BCUT2D eigenvalue weighted by molar-refractivity contribution is 5.93. The first-order valence-corrected chi connectivity index (χ1v) is 6.71. The van der Waals surface area contributed by atoms with E-state index in [0.717, 1.165) is 25.2 Å². The quantitative estimate of drug-likeness (QED) is 0.727. The van der Waals surface area contributed by atoms with Gasteiger partial charge in [0, 0.05) is 45.2 Å². The number of nitrogens with one attached hydrogen (secondary N) is 1. The van der Waals surface area contributed by atoms with Crippen molar-refractivity contribution in [3.05, 3.63) is 24.0 Å². The number of rotatable bonds is 8. The standard InChI is InChI=1S/C14H23N3O2/c1-4-17(5-2)12-7-9-15-13(11-12)14(18)16-8-6-10-19-3/h7,9,11H,4-6,8,10H2,1-3H3,(H,16,18). The fourth-order valence-corrected chi connectivity index (χ4v) is 1.84. The number of hydrogen-bond acceptors (Lipinski definition) is 4. The third kappa shape index (κ3) is 4.87. The zero-order valence-electron chi connectivity index (χ0n) is 12.0. The Morgan fingerprint density at radius 2 is 2.16 bits per heavy atom. The lowest BCUT2D eigenvalue weighted by atomic mass is 10.2. The number of hydrogen-bond donors (Lipinski definition) is 1. The number of carbonyl (C=O) groups is 1. The zero-order valence-corrected chi connectivity index (χ0v) is 12.0. The van der Waals surface area contributed by atoms with Crippen molar-refractivity contribution in [1.82, 2.24) is 10.3 Å². The summed E-state index contributed by atoms with van der Waals surface area (Å²) in [5.41, 5.74) is 1.49. The van der Waals surface area contributed by atoms with Gasteiger partial charge < -0.3 is 15.0 Å². The summed E-state index contributed by atoms with van der Waals surface area (Å²) in [6, 6.07) is 3.76. The minimum atomic E-state index is -0.134. The second kappa shape index (κ2) is 8.48. The van der Waals surface area contributed by atoms with Gasteiger partial charge in [0.05, 0.1) is 0 Å². The Morgan fingerprint density at radius 1 is 1.42 bits per heavy atom. The Kier molecular flexibility index (Phi) is 6.89. The average Bonchev–Trinajstić information content (AvgIpc) is 2.45. The molecule has 0 fully saturated rings. The first-order chi connectivity index (χ1) is 9.22. The fourth-order valence-electron chi connectivity index (χ4n) is 1.84. The van der Waals surface area contributed by atoms with Crippen molar-refractivity contribution in [2.24, 2.45) is 0 Å². The largest absolute Gasteiger partial charge is 0.385 e. The predicted octanol–water partition coefficient (Wildman–Crippen LogP) is 1.69. The average molecular weight is 265 g/mol. The van der Waals surface area contributed by atoms with E-state index in [1.807, 2.05) is 12.1 Å². The summed E-state index contributed by atoms with van der Waals surface area (Å²) in [7, 11) is 1.65. The molecule has 0 aromatic carbocycles. The van der Waals surface area contributed by atoms with Crippen LogP contribution in [-0.2, 0) is 4.74 Å². The third-order valence-corrected chi connectivity index (χ3v) is 2.92. The Morgan fingerprint density at radius 3 is 2.79 bits per heavy atom.